The van der Waals surface area contributed by atoms with Gasteiger partial charge in [-0.1, -0.05) is 0 Å². The van der Waals surface area contributed by atoms with Crippen molar-refractivity contribution in [3.8, 4) is 0 Å². The maximum atomic E-state index is 12.1. The van der Waals surface area contributed by atoms with E-state index in [1.807, 2.05) is 0 Å². The second kappa shape index (κ2) is 4.99. The quantitative estimate of drug-likeness (QED) is 0.837. The summed E-state index contributed by atoms with van der Waals surface area (Å²) in [5.74, 6) is -1.12. The number of carbonyl (C=O) groups excluding carboxylic acids is 1. The summed E-state index contributed by atoms with van der Waals surface area (Å²) in [6.45, 7) is 3.46. The Hall–Kier alpha value is -1.85. The van der Waals surface area contributed by atoms with E-state index in [0.717, 1.165) is 0 Å². The van der Waals surface area contributed by atoms with Gasteiger partial charge in [0.2, 0.25) is 0 Å². The normalized spacial score (nSPS) is 12.2. The molecule has 94 valence electrons. The fraction of sp³-hybridized carbons (Fsp3) is 0.545. The van der Waals surface area contributed by atoms with Gasteiger partial charge in [0.1, 0.15) is 0 Å². The third-order valence-corrected chi connectivity index (χ3v) is 2.70. The monoisotopic (exact) mass is 239 g/mol. The lowest BCUT2D eigenvalue weighted by Crippen LogP contribution is -2.36. The van der Waals surface area contributed by atoms with Crippen LogP contribution in [0.5, 0.6) is 0 Å². The highest BCUT2D eigenvalue weighted by Gasteiger charge is 2.22. The van der Waals surface area contributed by atoms with Gasteiger partial charge in [0.05, 0.1) is 17.7 Å². The minimum Gasteiger partial charge on any atom is -0.481 e. The highest BCUT2D eigenvalue weighted by atomic mass is 16.4. The van der Waals surface area contributed by atoms with E-state index in [1.54, 1.807) is 38.8 Å². The maximum Gasteiger partial charge on any atom is 0.305 e. The molecule has 0 aliphatic carbocycles. The van der Waals surface area contributed by atoms with Gasteiger partial charge in [0, 0.05) is 26.3 Å². The molecule has 0 aliphatic rings. The van der Waals surface area contributed by atoms with Gasteiger partial charge in [-0.3, -0.25) is 14.3 Å². The number of carboxylic acid groups (broad SMARTS) is 1. The molecule has 1 atom stereocenters. The molecule has 1 amide bonds. The average molecular weight is 239 g/mol. The molecule has 1 unspecified atom stereocenters. The zero-order chi connectivity index (χ0) is 13.2. The van der Waals surface area contributed by atoms with Crippen molar-refractivity contribution in [2.75, 3.05) is 7.05 Å². The molecule has 0 aliphatic heterocycles. The molecule has 1 N–H and O–H groups in total. The van der Waals surface area contributed by atoms with Gasteiger partial charge in [-0.25, -0.2) is 0 Å². The zero-order valence-corrected chi connectivity index (χ0v) is 10.5. The molecule has 0 aromatic carbocycles. The van der Waals surface area contributed by atoms with E-state index < -0.39 is 5.97 Å². The largest absolute Gasteiger partial charge is 0.481 e. The highest BCUT2D eigenvalue weighted by molar-refractivity contribution is 5.95. The van der Waals surface area contributed by atoms with Crippen LogP contribution in [0.25, 0.3) is 0 Å². The summed E-state index contributed by atoms with van der Waals surface area (Å²) in [4.78, 5) is 24.1. The zero-order valence-electron chi connectivity index (χ0n) is 10.5. The number of rotatable bonds is 4. The molecule has 1 rings (SSSR count). The van der Waals surface area contributed by atoms with Gasteiger partial charge >= 0.3 is 5.97 Å². The summed E-state index contributed by atoms with van der Waals surface area (Å²) in [7, 11) is 3.34. The summed E-state index contributed by atoms with van der Waals surface area (Å²) >= 11 is 0. The molecule has 0 fully saturated rings. The Morgan fingerprint density at radius 3 is 2.59 bits per heavy atom. The van der Waals surface area contributed by atoms with Crippen molar-refractivity contribution in [1.82, 2.24) is 14.7 Å². The van der Waals surface area contributed by atoms with Crippen LogP contribution in [0.4, 0.5) is 0 Å². The average Bonchev–Trinajstić information content (AvgIpc) is 2.54. The van der Waals surface area contributed by atoms with Crippen LogP contribution in [-0.4, -0.2) is 44.8 Å². The standard InChI is InChI=1S/C11H17N3O3/c1-7(5-10(15)16)14(4)11(17)9-6-13(3)12-8(9)2/h6-7H,5H2,1-4H3,(H,15,16). The van der Waals surface area contributed by atoms with Crippen LogP contribution in [-0.2, 0) is 11.8 Å². The number of aliphatic carboxylic acids is 1. The Labute approximate surface area is 99.8 Å². The van der Waals surface area contributed by atoms with Gasteiger partial charge in [0.25, 0.3) is 5.91 Å². The second-order valence-electron chi connectivity index (χ2n) is 4.16. The van der Waals surface area contributed by atoms with Crippen molar-refractivity contribution in [3.05, 3.63) is 17.5 Å². The maximum absolute atomic E-state index is 12.1. The first-order chi connectivity index (χ1) is 7.82. The van der Waals surface area contributed by atoms with Crippen LogP contribution in [0, 0.1) is 6.92 Å². The van der Waals surface area contributed by atoms with Gasteiger partial charge in [-0.05, 0) is 13.8 Å². The molecule has 0 bridgehead atoms. The van der Waals surface area contributed by atoms with E-state index in [0.29, 0.717) is 11.3 Å². The van der Waals surface area contributed by atoms with Gasteiger partial charge < -0.3 is 10.0 Å². The number of hydrogen-bond acceptors (Lipinski definition) is 3. The summed E-state index contributed by atoms with van der Waals surface area (Å²) < 4.78 is 1.57. The molecule has 1 aromatic heterocycles. The van der Waals surface area contributed by atoms with E-state index in [2.05, 4.69) is 5.10 Å². The molecular weight excluding hydrogens is 222 g/mol. The number of amides is 1. The second-order valence-corrected chi connectivity index (χ2v) is 4.16. The summed E-state index contributed by atoms with van der Waals surface area (Å²) in [5.41, 5.74) is 1.15. The van der Waals surface area contributed by atoms with Crippen LogP contribution in [0.15, 0.2) is 6.20 Å². The van der Waals surface area contributed by atoms with Gasteiger partial charge in [-0.15, -0.1) is 0 Å². The van der Waals surface area contributed by atoms with Crippen molar-refractivity contribution in [2.24, 2.45) is 7.05 Å². The lowest BCUT2D eigenvalue weighted by Gasteiger charge is -2.23. The van der Waals surface area contributed by atoms with Gasteiger partial charge in [0.15, 0.2) is 0 Å². The highest BCUT2D eigenvalue weighted by Crippen LogP contribution is 2.11. The molecule has 0 spiro atoms. The lowest BCUT2D eigenvalue weighted by atomic mass is 10.1. The smallest absolute Gasteiger partial charge is 0.305 e. The third-order valence-electron chi connectivity index (χ3n) is 2.70. The SMILES string of the molecule is Cc1nn(C)cc1C(=O)N(C)C(C)CC(=O)O. The number of aryl methyl sites for hydroxylation is 2. The molecule has 0 saturated heterocycles. The fourth-order valence-corrected chi connectivity index (χ4v) is 1.59. The summed E-state index contributed by atoms with van der Waals surface area (Å²) in [5, 5.41) is 12.8. The van der Waals surface area contributed by atoms with Crippen molar-refractivity contribution >= 4 is 11.9 Å². The van der Waals surface area contributed by atoms with Crippen LogP contribution in [0.2, 0.25) is 0 Å². The van der Waals surface area contributed by atoms with E-state index in [-0.39, 0.29) is 18.4 Å². The van der Waals surface area contributed by atoms with Crippen LogP contribution < -0.4 is 0 Å². The predicted molar refractivity (Wildman–Crippen MR) is 61.8 cm³/mol. The molecule has 17 heavy (non-hydrogen) atoms. The molecule has 6 heteroatoms. The molecule has 6 nitrogen and oxygen atoms in total. The Balaban J connectivity index is 2.83. The van der Waals surface area contributed by atoms with Crippen LogP contribution >= 0.6 is 0 Å². The first-order valence-electron chi connectivity index (χ1n) is 5.32. The molecule has 0 radical (unpaired) electrons. The van der Waals surface area contributed by atoms with Crippen molar-refractivity contribution in [2.45, 2.75) is 26.3 Å². The summed E-state index contributed by atoms with van der Waals surface area (Å²) in [6.07, 6.45) is 1.57. The fourth-order valence-electron chi connectivity index (χ4n) is 1.59. The minimum atomic E-state index is -0.917. The van der Waals surface area contributed by atoms with E-state index in [9.17, 15) is 9.59 Å². The molecule has 1 aromatic rings. The third kappa shape index (κ3) is 3.05. The number of carbonyl (C=O) groups is 2. The van der Waals surface area contributed by atoms with E-state index >= 15 is 0 Å². The van der Waals surface area contributed by atoms with Crippen LogP contribution in [0.1, 0.15) is 29.4 Å². The summed E-state index contributed by atoms with van der Waals surface area (Å²) in [6, 6.07) is -0.348. The Morgan fingerprint density at radius 1 is 1.59 bits per heavy atom. The first-order valence-corrected chi connectivity index (χ1v) is 5.32. The van der Waals surface area contributed by atoms with Crippen LogP contribution in [0.3, 0.4) is 0 Å². The topological polar surface area (TPSA) is 75.4 Å². The van der Waals surface area contributed by atoms with Crippen molar-refractivity contribution in [1.29, 1.82) is 0 Å². The number of hydrogen-bond donors (Lipinski definition) is 1. The predicted octanol–water partition coefficient (Wildman–Crippen LogP) is 0.664. The molecular formula is C11H17N3O3. The van der Waals surface area contributed by atoms with Gasteiger partial charge in [-0.2, -0.15) is 5.10 Å². The number of carboxylic acids is 1. The Bertz CT molecular complexity index is 439. The van der Waals surface area contributed by atoms with E-state index in [4.69, 9.17) is 5.11 Å². The Kier molecular flexibility index (Phi) is 3.88. The number of nitrogens with zero attached hydrogens (tertiary/aromatic N) is 3. The number of aromatic nitrogens is 2. The van der Waals surface area contributed by atoms with Crippen molar-refractivity contribution < 1.29 is 14.7 Å². The molecule has 1 heterocycles. The van der Waals surface area contributed by atoms with E-state index in [1.165, 1.54) is 4.90 Å². The van der Waals surface area contributed by atoms with Crippen molar-refractivity contribution in [3.63, 3.8) is 0 Å². The lowest BCUT2D eigenvalue weighted by molar-refractivity contribution is -0.137. The molecule has 0 saturated carbocycles. The first kappa shape index (κ1) is 13.2. The minimum absolute atomic E-state index is 0.0679. The Morgan fingerprint density at radius 2 is 2.18 bits per heavy atom.